The first-order valence-electron chi connectivity index (χ1n) is 9.66. The second kappa shape index (κ2) is 9.88. The van der Waals surface area contributed by atoms with Gasteiger partial charge in [-0.3, -0.25) is 4.79 Å². The smallest absolute Gasteiger partial charge is 0.220 e. The zero-order chi connectivity index (χ0) is 19.1. The van der Waals surface area contributed by atoms with Crippen LogP contribution in [-0.4, -0.2) is 33.5 Å². The molecule has 0 radical (unpaired) electrons. The number of thioether (sulfide) groups is 1. The summed E-state index contributed by atoms with van der Waals surface area (Å²) in [6.07, 6.45) is 9.58. The molecule has 1 amide bonds. The van der Waals surface area contributed by atoms with Crippen molar-refractivity contribution in [3.05, 3.63) is 41.5 Å². The monoisotopic (exact) mass is 390 g/mol. The molecule has 1 aliphatic rings. The lowest BCUT2D eigenvalue weighted by molar-refractivity contribution is -0.121. The maximum absolute atomic E-state index is 13.2. The molecule has 0 unspecified atom stereocenters. The van der Waals surface area contributed by atoms with Crippen molar-refractivity contribution in [3.63, 3.8) is 0 Å². The number of rotatable bonds is 9. The molecule has 1 fully saturated rings. The van der Waals surface area contributed by atoms with E-state index in [4.69, 9.17) is 0 Å². The van der Waals surface area contributed by atoms with Gasteiger partial charge in [0.1, 0.15) is 11.6 Å². The Bertz CT molecular complexity index is 758. The number of nitrogens with zero attached hydrogens (tertiary/aromatic N) is 3. The van der Waals surface area contributed by atoms with Crippen molar-refractivity contribution in [1.29, 1.82) is 0 Å². The van der Waals surface area contributed by atoms with Gasteiger partial charge < -0.3 is 9.88 Å². The second-order valence-electron chi connectivity index (χ2n) is 6.99. The van der Waals surface area contributed by atoms with E-state index in [1.54, 1.807) is 17.8 Å². The van der Waals surface area contributed by atoms with Gasteiger partial charge in [0, 0.05) is 25.4 Å². The Morgan fingerprint density at radius 1 is 1.30 bits per heavy atom. The molecule has 0 spiro atoms. The SMILES string of the molecule is CSc1nnc(CCCNC(=O)CCc2cccc(F)c2)n1C1CCCC1. The fourth-order valence-corrected chi connectivity index (χ4v) is 4.23. The van der Waals surface area contributed by atoms with Crippen LogP contribution in [0.5, 0.6) is 0 Å². The molecule has 27 heavy (non-hydrogen) atoms. The number of carbonyl (C=O) groups is 1. The summed E-state index contributed by atoms with van der Waals surface area (Å²) >= 11 is 1.65. The molecule has 0 bridgehead atoms. The molecular weight excluding hydrogens is 363 g/mol. The van der Waals surface area contributed by atoms with Gasteiger partial charge in [-0.25, -0.2) is 4.39 Å². The molecular formula is C20H27FN4OS. The average molecular weight is 391 g/mol. The number of amides is 1. The first kappa shape index (κ1) is 19.9. The van der Waals surface area contributed by atoms with Crippen LogP contribution in [0.4, 0.5) is 4.39 Å². The lowest BCUT2D eigenvalue weighted by atomic mass is 10.1. The minimum Gasteiger partial charge on any atom is -0.356 e. The standard InChI is InChI=1S/C20H27FN4OS/c1-27-20-24-23-18(25(20)17-8-2-3-9-17)10-5-13-22-19(26)12-11-15-6-4-7-16(21)14-15/h4,6-7,14,17H,2-3,5,8-13H2,1H3,(H,22,26). The Kier molecular flexibility index (Phi) is 7.26. The minimum absolute atomic E-state index is 0.00123. The van der Waals surface area contributed by atoms with Crippen LogP contribution in [-0.2, 0) is 17.6 Å². The van der Waals surface area contributed by atoms with E-state index in [1.165, 1.54) is 37.8 Å². The van der Waals surface area contributed by atoms with Crippen LogP contribution in [0.15, 0.2) is 29.4 Å². The zero-order valence-corrected chi connectivity index (χ0v) is 16.6. The molecule has 1 N–H and O–H groups in total. The van der Waals surface area contributed by atoms with Gasteiger partial charge in [-0.2, -0.15) is 0 Å². The summed E-state index contributed by atoms with van der Waals surface area (Å²) in [5.41, 5.74) is 0.847. The summed E-state index contributed by atoms with van der Waals surface area (Å²) in [6, 6.07) is 6.93. The number of halogens is 1. The highest BCUT2D eigenvalue weighted by Gasteiger charge is 2.23. The van der Waals surface area contributed by atoms with E-state index >= 15 is 0 Å². The number of aromatic nitrogens is 3. The quantitative estimate of drug-likeness (QED) is 0.520. The Labute approximate surface area is 164 Å². The number of hydrogen-bond donors (Lipinski definition) is 1. The number of hydrogen-bond acceptors (Lipinski definition) is 4. The number of carbonyl (C=O) groups excluding carboxylic acids is 1. The number of benzene rings is 1. The van der Waals surface area contributed by atoms with Crippen LogP contribution in [0.2, 0.25) is 0 Å². The molecule has 0 aliphatic heterocycles. The molecule has 1 saturated carbocycles. The van der Waals surface area contributed by atoms with Gasteiger partial charge in [-0.15, -0.1) is 10.2 Å². The predicted octanol–water partition coefficient (Wildman–Crippen LogP) is 3.94. The molecule has 1 aliphatic carbocycles. The molecule has 1 aromatic heterocycles. The zero-order valence-electron chi connectivity index (χ0n) is 15.8. The fraction of sp³-hybridized carbons (Fsp3) is 0.550. The van der Waals surface area contributed by atoms with Gasteiger partial charge >= 0.3 is 0 Å². The molecule has 2 aromatic rings. The first-order chi connectivity index (χ1) is 13.2. The third-order valence-corrected chi connectivity index (χ3v) is 5.68. The Hall–Kier alpha value is -1.89. The summed E-state index contributed by atoms with van der Waals surface area (Å²) in [6.45, 7) is 0.619. The van der Waals surface area contributed by atoms with Crippen molar-refractivity contribution < 1.29 is 9.18 Å². The molecule has 0 atom stereocenters. The number of aryl methyl sites for hydroxylation is 2. The predicted molar refractivity (Wildman–Crippen MR) is 105 cm³/mol. The van der Waals surface area contributed by atoms with Gasteiger partial charge in [0.15, 0.2) is 5.16 Å². The van der Waals surface area contributed by atoms with E-state index < -0.39 is 0 Å². The van der Waals surface area contributed by atoms with E-state index in [-0.39, 0.29) is 11.7 Å². The Balaban J connectivity index is 1.42. The van der Waals surface area contributed by atoms with Crippen molar-refractivity contribution in [3.8, 4) is 0 Å². The fourth-order valence-electron chi connectivity index (χ4n) is 3.66. The Morgan fingerprint density at radius 2 is 2.11 bits per heavy atom. The Morgan fingerprint density at radius 3 is 2.85 bits per heavy atom. The highest BCUT2D eigenvalue weighted by molar-refractivity contribution is 7.98. The van der Waals surface area contributed by atoms with E-state index in [0.717, 1.165) is 29.4 Å². The van der Waals surface area contributed by atoms with Crippen molar-refractivity contribution in [1.82, 2.24) is 20.1 Å². The van der Waals surface area contributed by atoms with E-state index in [9.17, 15) is 9.18 Å². The molecule has 1 heterocycles. The van der Waals surface area contributed by atoms with E-state index in [1.807, 2.05) is 12.3 Å². The lowest BCUT2D eigenvalue weighted by Gasteiger charge is -2.16. The highest BCUT2D eigenvalue weighted by atomic mass is 32.2. The van der Waals surface area contributed by atoms with Gasteiger partial charge in [-0.1, -0.05) is 36.7 Å². The van der Waals surface area contributed by atoms with Crippen LogP contribution in [0, 0.1) is 5.82 Å². The van der Waals surface area contributed by atoms with Crippen LogP contribution >= 0.6 is 11.8 Å². The molecule has 0 saturated heterocycles. The van der Waals surface area contributed by atoms with Crippen LogP contribution in [0.3, 0.4) is 0 Å². The molecule has 1 aromatic carbocycles. The summed E-state index contributed by atoms with van der Waals surface area (Å²) in [5.74, 6) is 0.769. The van der Waals surface area contributed by atoms with Gasteiger partial charge in [0.25, 0.3) is 0 Å². The van der Waals surface area contributed by atoms with E-state index in [2.05, 4.69) is 20.1 Å². The molecule has 7 heteroatoms. The third-order valence-electron chi connectivity index (χ3n) is 5.04. The summed E-state index contributed by atoms with van der Waals surface area (Å²) in [4.78, 5) is 12.0. The van der Waals surface area contributed by atoms with Gasteiger partial charge in [-0.05, 0) is 49.6 Å². The summed E-state index contributed by atoms with van der Waals surface area (Å²) in [7, 11) is 0. The van der Waals surface area contributed by atoms with E-state index in [0.29, 0.717) is 25.4 Å². The largest absolute Gasteiger partial charge is 0.356 e. The first-order valence-corrected chi connectivity index (χ1v) is 10.9. The maximum Gasteiger partial charge on any atom is 0.220 e. The maximum atomic E-state index is 13.2. The van der Waals surface area contributed by atoms with Crippen LogP contribution in [0.1, 0.15) is 56.0 Å². The normalized spacial score (nSPS) is 14.6. The minimum atomic E-state index is -0.260. The van der Waals surface area contributed by atoms with Crippen LogP contribution in [0.25, 0.3) is 0 Å². The van der Waals surface area contributed by atoms with Crippen molar-refractivity contribution in [2.24, 2.45) is 0 Å². The van der Waals surface area contributed by atoms with Crippen LogP contribution < -0.4 is 5.32 Å². The number of nitrogens with one attached hydrogen (secondary N) is 1. The highest BCUT2D eigenvalue weighted by Crippen LogP contribution is 2.33. The van der Waals surface area contributed by atoms with Gasteiger partial charge in [0.2, 0.25) is 5.91 Å². The van der Waals surface area contributed by atoms with Crippen molar-refractivity contribution in [2.75, 3.05) is 12.8 Å². The third kappa shape index (κ3) is 5.54. The van der Waals surface area contributed by atoms with Gasteiger partial charge in [0.05, 0.1) is 0 Å². The summed E-state index contributed by atoms with van der Waals surface area (Å²) < 4.78 is 15.5. The second-order valence-corrected chi connectivity index (χ2v) is 7.77. The molecule has 3 rings (SSSR count). The topological polar surface area (TPSA) is 59.8 Å². The average Bonchev–Trinajstić information content (AvgIpc) is 3.32. The molecule has 146 valence electrons. The molecule has 5 nitrogen and oxygen atoms in total. The van der Waals surface area contributed by atoms with Crippen molar-refractivity contribution in [2.45, 2.75) is 62.6 Å². The van der Waals surface area contributed by atoms with Crippen molar-refractivity contribution >= 4 is 17.7 Å². The lowest BCUT2D eigenvalue weighted by Crippen LogP contribution is -2.25. The summed E-state index contributed by atoms with van der Waals surface area (Å²) in [5, 5.41) is 12.6.